The van der Waals surface area contributed by atoms with Gasteiger partial charge in [0, 0.05) is 19.3 Å². The first-order valence-corrected chi connectivity index (χ1v) is 6.87. The van der Waals surface area contributed by atoms with Crippen LogP contribution in [0.5, 0.6) is 0 Å². The number of hydrogen-bond donors (Lipinski definition) is 2. The summed E-state index contributed by atoms with van der Waals surface area (Å²) >= 11 is 0. The maximum atomic E-state index is 5.31. The van der Waals surface area contributed by atoms with Gasteiger partial charge in [0.05, 0.1) is 0 Å². The van der Waals surface area contributed by atoms with Crippen LogP contribution in [0.1, 0.15) is 39.2 Å². The zero-order chi connectivity index (χ0) is 13.4. The van der Waals surface area contributed by atoms with Crippen molar-refractivity contribution in [1.82, 2.24) is 9.88 Å². The Labute approximate surface area is 111 Å². The third-order valence-corrected chi connectivity index (χ3v) is 3.50. The lowest BCUT2D eigenvalue weighted by Crippen LogP contribution is -2.28. The van der Waals surface area contributed by atoms with E-state index in [-0.39, 0.29) is 0 Å². The fourth-order valence-electron chi connectivity index (χ4n) is 2.08. The lowest BCUT2D eigenvalue weighted by atomic mass is 10.0. The van der Waals surface area contributed by atoms with Crippen molar-refractivity contribution in [2.45, 2.75) is 40.2 Å². The number of hydrogen-bond acceptors (Lipinski definition) is 4. The highest BCUT2D eigenvalue weighted by Crippen LogP contribution is 2.13. The van der Waals surface area contributed by atoms with Crippen molar-refractivity contribution in [2.24, 2.45) is 11.8 Å². The SMILES string of the molecule is CCC(CC)CN(CC)Cc1ccc(NN)nc1. The summed E-state index contributed by atoms with van der Waals surface area (Å²) in [6.45, 7) is 9.96. The van der Waals surface area contributed by atoms with E-state index in [1.165, 1.54) is 24.9 Å². The van der Waals surface area contributed by atoms with Gasteiger partial charge in [-0.2, -0.15) is 0 Å². The summed E-state index contributed by atoms with van der Waals surface area (Å²) in [6, 6.07) is 4.00. The third-order valence-electron chi connectivity index (χ3n) is 3.50. The highest BCUT2D eigenvalue weighted by Gasteiger charge is 2.10. The summed E-state index contributed by atoms with van der Waals surface area (Å²) in [5.41, 5.74) is 3.79. The number of nitrogens with one attached hydrogen (secondary N) is 1. The van der Waals surface area contributed by atoms with Gasteiger partial charge in [-0.3, -0.25) is 4.90 Å². The zero-order valence-electron chi connectivity index (χ0n) is 11.8. The molecule has 1 rings (SSSR count). The molecule has 0 fully saturated rings. The summed E-state index contributed by atoms with van der Waals surface area (Å²) < 4.78 is 0. The Kier molecular flexibility index (Phi) is 6.68. The Morgan fingerprint density at radius 3 is 2.44 bits per heavy atom. The van der Waals surface area contributed by atoms with E-state index in [2.05, 4.69) is 42.1 Å². The molecule has 0 aliphatic carbocycles. The molecule has 1 heterocycles. The Morgan fingerprint density at radius 2 is 2.00 bits per heavy atom. The molecule has 3 N–H and O–H groups in total. The van der Waals surface area contributed by atoms with Gasteiger partial charge < -0.3 is 5.43 Å². The highest BCUT2D eigenvalue weighted by molar-refractivity contribution is 5.33. The Hall–Kier alpha value is -1.13. The van der Waals surface area contributed by atoms with E-state index in [9.17, 15) is 0 Å². The summed E-state index contributed by atoms with van der Waals surface area (Å²) in [5.74, 6) is 6.81. The second-order valence-electron chi connectivity index (χ2n) is 4.71. The molecule has 0 aromatic carbocycles. The van der Waals surface area contributed by atoms with Crippen LogP contribution in [0.15, 0.2) is 18.3 Å². The predicted octanol–water partition coefficient (Wildman–Crippen LogP) is 2.63. The highest BCUT2D eigenvalue weighted by atomic mass is 15.2. The molecule has 1 aromatic rings. The van der Waals surface area contributed by atoms with Gasteiger partial charge in [-0.15, -0.1) is 0 Å². The quantitative estimate of drug-likeness (QED) is 0.550. The van der Waals surface area contributed by atoms with E-state index in [1.807, 2.05) is 12.3 Å². The molecule has 4 nitrogen and oxygen atoms in total. The summed E-state index contributed by atoms with van der Waals surface area (Å²) in [4.78, 5) is 6.72. The topological polar surface area (TPSA) is 54.2 Å². The summed E-state index contributed by atoms with van der Waals surface area (Å²) in [6.07, 6.45) is 4.40. The molecule has 0 amide bonds. The smallest absolute Gasteiger partial charge is 0.139 e. The second-order valence-corrected chi connectivity index (χ2v) is 4.71. The van der Waals surface area contributed by atoms with E-state index in [0.29, 0.717) is 5.82 Å². The molecule has 0 aliphatic heterocycles. The minimum atomic E-state index is 0.710. The van der Waals surface area contributed by atoms with Gasteiger partial charge >= 0.3 is 0 Å². The molecule has 0 radical (unpaired) electrons. The molecule has 1 aromatic heterocycles. The van der Waals surface area contributed by atoms with Crippen LogP contribution in [-0.2, 0) is 6.54 Å². The number of hydrazine groups is 1. The molecule has 0 spiro atoms. The average molecular weight is 250 g/mol. The van der Waals surface area contributed by atoms with Crippen LogP contribution in [0.3, 0.4) is 0 Å². The van der Waals surface area contributed by atoms with Crippen molar-refractivity contribution in [1.29, 1.82) is 0 Å². The van der Waals surface area contributed by atoms with Crippen molar-refractivity contribution in [3.05, 3.63) is 23.9 Å². The molecular weight excluding hydrogens is 224 g/mol. The van der Waals surface area contributed by atoms with Crippen molar-refractivity contribution in [3.63, 3.8) is 0 Å². The fraction of sp³-hybridized carbons (Fsp3) is 0.643. The molecule has 0 saturated carbocycles. The molecular formula is C14H26N4. The van der Waals surface area contributed by atoms with Crippen molar-refractivity contribution in [3.8, 4) is 0 Å². The van der Waals surface area contributed by atoms with Gasteiger partial charge in [0.15, 0.2) is 0 Å². The third kappa shape index (κ3) is 4.63. The van der Waals surface area contributed by atoms with Gasteiger partial charge in [-0.1, -0.05) is 39.7 Å². The van der Waals surface area contributed by atoms with Gasteiger partial charge in [-0.25, -0.2) is 10.8 Å². The number of rotatable bonds is 8. The maximum Gasteiger partial charge on any atom is 0.139 e. The number of nitrogens with two attached hydrogens (primary N) is 1. The zero-order valence-corrected chi connectivity index (χ0v) is 11.8. The van der Waals surface area contributed by atoms with Gasteiger partial charge in [-0.05, 0) is 24.1 Å². The van der Waals surface area contributed by atoms with E-state index in [1.54, 1.807) is 0 Å². The number of aromatic nitrogens is 1. The Morgan fingerprint density at radius 1 is 1.28 bits per heavy atom. The molecule has 0 aliphatic rings. The first-order valence-electron chi connectivity index (χ1n) is 6.87. The van der Waals surface area contributed by atoms with E-state index in [4.69, 9.17) is 5.84 Å². The fourth-order valence-corrected chi connectivity index (χ4v) is 2.08. The predicted molar refractivity (Wildman–Crippen MR) is 77.1 cm³/mol. The Balaban J connectivity index is 2.55. The minimum Gasteiger partial charge on any atom is -0.308 e. The van der Waals surface area contributed by atoms with Crippen molar-refractivity contribution >= 4 is 5.82 Å². The van der Waals surface area contributed by atoms with Crippen LogP contribution in [-0.4, -0.2) is 23.0 Å². The Bertz CT molecular complexity index is 319. The van der Waals surface area contributed by atoms with E-state index in [0.717, 1.165) is 19.0 Å². The number of nitrogens with zero attached hydrogens (tertiary/aromatic N) is 2. The number of nitrogen functional groups attached to an aromatic ring is 1. The lowest BCUT2D eigenvalue weighted by Gasteiger charge is -2.25. The first-order chi connectivity index (χ1) is 8.73. The van der Waals surface area contributed by atoms with Crippen molar-refractivity contribution < 1.29 is 0 Å². The number of anilines is 1. The summed E-state index contributed by atoms with van der Waals surface area (Å²) in [5, 5.41) is 0. The van der Waals surface area contributed by atoms with Crippen LogP contribution < -0.4 is 11.3 Å². The van der Waals surface area contributed by atoms with Crippen LogP contribution in [0.4, 0.5) is 5.82 Å². The van der Waals surface area contributed by atoms with Gasteiger partial charge in [0.2, 0.25) is 0 Å². The largest absolute Gasteiger partial charge is 0.308 e. The molecule has 0 unspecified atom stereocenters. The minimum absolute atomic E-state index is 0.710. The lowest BCUT2D eigenvalue weighted by molar-refractivity contribution is 0.226. The molecule has 0 saturated heterocycles. The molecule has 0 bridgehead atoms. The normalized spacial score (nSPS) is 11.2. The van der Waals surface area contributed by atoms with Gasteiger partial charge in [0.1, 0.15) is 5.82 Å². The standard InChI is InChI=1S/C14H26N4/c1-4-12(5-2)10-18(6-3)11-13-7-8-14(17-15)16-9-13/h7-9,12H,4-6,10-11,15H2,1-3H3,(H,16,17). The molecule has 18 heavy (non-hydrogen) atoms. The molecule has 102 valence electrons. The van der Waals surface area contributed by atoms with E-state index < -0.39 is 0 Å². The maximum absolute atomic E-state index is 5.31. The van der Waals surface area contributed by atoms with Crippen LogP contribution in [0, 0.1) is 5.92 Å². The van der Waals surface area contributed by atoms with Gasteiger partial charge in [0.25, 0.3) is 0 Å². The van der Waals surface area contributed by atoms with Crippen LogP contribution >= 0.6 is 0 Å². The van der Waals surface area contributed by atoms with Crippen LogP contribution in [0.2, 0.25) is 0 Å². The second kappa shape index (κ2) is 8.06. The van der Waals surface area contributed by atoms with Crippen LogP contribution in [0.25, 0.3) is 0 Å². The monoisotopic (exact) mass is 250 g/mol. The summed E-state index contributed by atoms with van der Waals surface area (Å²) in [7, 11) is 0. The average Bonchev–Trinajstić information content (AvgIpc) is 2.44. The molecule has 0 atom stereocenters. The first kappa shape index (κ1) is 14.9. The van der Waals surface area contributed by atoms with E-state index >= 15 is 0 Å². The molecule has 4 heteroatoms. The van der Waals surface area contributed by atoms with Crippen molar-refractivity contribution in [2.75, 3.05) is 18.5 Å². The number of pyridine rings is 1.